The summed E-state index contributed by atoms with van der Waals surface area (Å²) in [5, 5.41) is 49.1. The summed E-state index contributed by atoms with van der Waals surface area (Å²) < 4.78 is 15.0. The number of carbonyl (C=O) groups is 7. The maximum absolute atomic E-state index is 12.8. The SMILES string of the molecule is C=C(C)C(=O)OCC(=O)c1c2ccccc2c(C(=O)O)c2ccccc12.C=C(C)C(=O)OCC(=O)c1c2ccccc2c(O)c2ccccc12.C=C(C)C(=O)OCC(=O)c1c2ccccc2cc2ccccc12.C=Cc1ccc2c(c1)CC=C(O)C2.C=Cc1cccc2c(O)cccc12. The quantitative estimate of drug-likeness (QED) is 0.0246. The predicted molar refractivity (Wildman–Crippen MR) is 394 cm³/mol. The molecule has 0 fully saturated rings. The van der Waals surface area contributed by atoms with Gasteiger partial charge in [0.2, 0.25) is 17.3 Å². The van der Waals surface area contributed by atoms with E-state index in [1.807, 2.05) is 97.1 Å². The molecule has 14 heteroatoms. The Hall–Kier alpha value is -12.8. The summed E-state index contributed by atoms with van der Waals surface area (Å²) in [5.74, 6) is -2.86. The fourth-order valence-electron chi connectivity index (χ4n) is 11.5. The second-order valence-electron chi connectivity index (χ2n) is 23.2. The lowest BCUT2D eigenvalue weighted by Crippen LogP contribution is -2.15. The van der Waals surface area contributed by atoms with E-state index in [1.54, 1.807) is 116 Å². The maximum atomic E-state index is 12.8. The van der Waals surface area contributed by atoms with Crippen molar-refractivity contribution in [1.82, 2.24) is 0 Å². The largest absolute Gasteiger partial charge is 0.512 e. The summed E-state index contributed by atoms with van der Waals surface area (Å²) in [7, 11) is 0. The number of carboxylic acid groups (broad SMARTS) is 1. The summed E-state index contributed by atoms with van der Waals surface area (Å²) in [6.07, 6.45) is 7.02. The van der Waals surface area contributed by atoms with Crippen molar-refractivity contribution in [1.29, 1.82) is 0 Å². The summed E-state index contributed by atoms with van der Waals surface area (Å²) in [4.78, 5) is 84.8. The molecule has 0 heterocycles. The minimum absolute atomic E-state index is 0.136. The van der Waals surface area contributed by atoms with Crippen molar-refractivity contribution in [3.63, 3.8) is 0 Å². The van der Waals surface area contributed by atoms with E-state index in [1.165, 1.54) is 25.0 Å². The number of aliphatic hydroxyl groups is 1. The number of ketones is 3. The number of ether oxygens (including phenoxy) is 3. The highest BCUT2D eigenvalue weighted by Gasteiger charge is 2.24. The molecule has 0 saturated carbocycles. The van der Waals surface area contributed by atoms with Gasteiger partial charge in [-0.05, 0) is 127 Å². The zero-order valence-electron chi connectivity index (χ0n) is 54.8. The van der Waals surface area contributed by atoms with Gasteiger partial charge in [0, 0.05) is 56.0 Å². The summed E-state index contributed by atoms with van der Waals surface area (Å²) >= 11 is 0. The molecule has 12 aromatic rings. The second kappa shape index (κ2) is 32.1. The minimum atomic E-state index is -1.06. The van der Waals surface area contributed by atoms with Gasteiger partial charge in [0.1, 0.15) is 11.5 Å². The molecule has 1 aliphatic carbocycles. The fraction of sp³-hybridized carbons (Fsp3) is 0.0941. The van der Waals surface area contributed by atoms with E-state index < -0.39 is 36.3 Å². The number of benzene rings is 12. The zero-order valence-corrected chi connectivity index (χ0v) is 54.8. The lowest BCUT2D eigenvalue weighted by atomic mass is 9.90. The number of aromatic hydroxyl groups is 2. The minimum Gasteiger partial charge on any atom is -0.512 e. The molecule has 1 aliphatic rings. The van der Waals surface area contributed by atoms with Crippen LogP contribution < -0.4 is 0 Å². The van der Waals surface area contributed by atoms with Crippen molar-refractivity contribution in [2.75, 3.05) is 19.8 Å². The molecule has 0 bridgehead atoms. The molecule has 4 N–H and O–H groups in total. The number of phenols is 2. The van der Waals surface area contributed by atoms with E-state index in [4.69, 9.17) is 14.2 Å². The number of allylic oxidation sites excluding steroid dienone is 2. The molecule has 0 amide bonds. The first kappa shape index (κ1) is 70.5. The summed E-state index contributed by atoms with van der Waals surface area (Å²) in [6.45, 7) is 21.4. The van der Waals surface area contributed by atoms with E-state index in [0.29, 0.717) is 77.7 Å². The Bertz CT molecular complexity index is 5150. The van der Waals surface area contributed by atoms with Crippen LogP contribution >= 0.6 is 0 Å². The summed E-state index contributed by atoms with van der Waals surface area (Å²) in [6, 6.07) is 62.9. The van der Waals surface area contributed by atoms with Crippen molar-refractivity contribution < 1.29 is 68.2 Å². The Morgan fingerprint density at radius 1 is 0.394 bits per heavy atom. The van der Waals surface area contributed by atoms with E-state index in [9.17, 15) is 54.0 Å². The normalized spacial score (nSPS) is 11.1. The Kier molecular flexibility index (Phi) is 22.8. The van der Waals surface area contributed by atoms with Crippen LogP contribution in [0.1, 0.15) is 84.5 Å². The molecule has 14 nitrogen and oxygen atoms in total. The van der Waals surface area contributed by atoms with Crippen LogP contribution in [0.4, 0.5) is 0 Å². The number of phenolic OH excluding ortho intramolecular Hbond substituents is 2. The van der Waals surface area contributed by atoms with Crippen molar-refractivity contribution in [2.24, 2.45) is 0 Å². The van der Waals surface area contributed by atoms with Crippen LogP contribution in [0.3, 0.4) is 0 Å². The van der Waals surface area contributed by atoms with E-state index >= 15 is 0 Å². The number of carboxylic acids is 1. The van der Waals surface area contributed by atoms with Gasteiger partial charge in [-0.25, -0.2) is 19.2 Å². The first-order valence-corrected chi connectivity index (χ1v) is 31.3. The highest BCUT2D eigenvalue weighted by molar-refractivity contribution is 6.26. The van der Waals surface area contributed by atoms with Gasteiger partial charge in [0.25, 0.3) is 0 Å². The topological polar surface area (TPSA) is 228 Å². The number of rotatable bonds is 15. The van der Waals surface area contributed by atoms with Crippen molar-refractivity contribution in [2.45, 2.75) is 33.6 Å². The molecule has 0 radical (unpaired) electrons. The van der Waals surface area contributed by atoms with Gasteiger partial charge in [0.05, 0.1) is 11.3 Å². The first-order chi connectivity index (χ1) is 47.6. The molecule has 13 rings (SSSR count). The van der Waals surface area contributed by atoms with Crippen molar-refractivity contribution >= 4 is 129 Å². The van der Waals surface area contributed by atoms with Crippen LogP contribution in [0.25, 0.3) is 87.6 Å². The number of carbonyl (C=O) groups excluding carboxylic acids is 6. The molecule has 0 aromatic heterocycles. The monoisotopic (exact) mass is 1310 g/mol. The van der Waals surface area contributed by atoms with Gasteiger partial charge < -0.3 is 34.6 Å². The van der Waals surface area contributed by atoms with E-state index in [0.717, 1.165) is 49.9 Å². The van der Waals surface area contributed by atoms with Gasteiger partial charge in [-0.3, -0.25) is 14.4 Å². The number of Topliss-reactive ketones (excluding diaryl/α,β-unsaturated/α-hetero) is 3. The van der Waals surface area contributed by atoms with Gasteiger partial charge >= 0.3 is 23.9 Å². The molecular weight excluding hydrogens is 1240 g/mol. The third kappa shape index (κ3) is 16.3. The zero-order chi connectivity index (χ0) is 71.0. The van der Waals surface area contributed by atoms with Crippen LogP contribution in [0, 0.1) is 0 Å². The summed E-state index contributed by atoms with van der Waals surface area (Å²) in [5.41, 5.74) is 6.96. The van der Waals surface area contributed by atoms with Crippen LogP contribution in [0.2, 0.25) is 0 Å². The second-order valence-corrected chi connectivity index (χ2v) is 23.2. The first-order valence-electron chi connectivity index (χ1n) is 31.3. The number of aromatic carboxylic acids is 1. The van der Waals surface area contributed by atoms with Crippen molar-refractivity contribution in [3.05, 3.63) is 312 Å². The van der Waals surface area contributed by atoms with Crippen LogP contribution in [0.15, 0.2) is 268 Å². The van der Waals surface area contributed by atoms with Crippen LogP contribution in [0.5, 0.6) is 11.5 Å². The number of hydrogen-bond donors (Lipinski definition) is 4. The number of hydrogen-bond acceptors (Lipinski definition) is 13. The molecule has 0 aliphatic heterocycles. The standard InChI is InChI=1S/C21H16O5.C20H16O4.C20H16O3.C12H10O.C12H12O/c1-12(2)21(25)26-11-17(22)18-13-7-3-5-9-15(13)19(20(23)24)16-10-6-4-8-14(16)18;1-12(2)20(23)24-11-17(21)18-13-7-3-5-9-15(13)19(22)16-10-6-4-8-14(16)18;1-13(2)20(22)23-12-18(21)19-16-9-5-3-7-14(16)11-15-8-4-6-10-17(15)19;1-2-9-5-3-7-11-10(9)6-4-8-12(11)13;1-2-9-3-4-11-8-12(13)6-5-10(11)7-9/h3-10H,1,11H2,2H3,(H,23,24);3-10,22H,1,11H2,2H3;3-11H,1,12H2,2H3;2-8,13H,1H2;2-4,6-7,13H,1,5,8H2. The molecule has 0 unspecified atom stereocenters. The van der Waals surface area contributed by atoms with Crippen LogP contribution in [-0.4, -0.2) is 81.5 Å². The van der Waals surface area contributed by atoms with E-state index in [-0.39, 0.29) is 52.8 Å². The molecular formula is C85H70O14. The predicted octanol–water partition coefficient (Wildman–Crippen LogP) is 18.3. The highest BCUT2D eigenvalue weighted by Crippen LogP contribution is 2.39. The molecule has 0 spiro atoms. The smallest absolute Gasteiger partial charge is 0.336 e. The Labute approximate surface area is 571 Å². The molecule has 0 atom stereocenters. The molecule has 99 heavy (non-hydrogen) atoms. The van der Waals surface area contributed by atoms with Gasteiger partial charge in [-0.2, -0.15) is 0 Å². The molecule has 494 valence electrons. The average Bonchev–Trinajstić information content (AvgIpc) is 0.759. The Morgan fingerprint density at radius 3 is 1.17 bits per heavy atom. The van der Waals surface area contributed by atoms with Gasteiger partial charge in [0.15, 0.2) is 19.8 Å². The lowest BCUT2D eigenvalue weighted by molar-refractivity contribution is -0.138. The third-order valence-corrected chi connectivity index (χ3v) is 16.3. The maximum Gasteiger partial charge on any atom is 0.336 e. The third-order valence-electron chi connectivity index (χ3n) is 16.3. The number of aliphatic hydroxyl groups excluding tert-OH is 1. The highest BCUT2D eigenvalue weighted by atomic mass is 16.5. The number of esters is 3. The molecule has 0 saturated heterocycles. The molecule has 12 aromatic carbocycles. The van der Waals surface area contributed by atoms with Crippen LogP contribution in [-0.2, 0) is 41.4 Å². The van der Waals surface area contributed by atoms with Crippen molar-refractivity contribution in [3.8, 4) is 11.5 Å². The lowest BCUT2D eigenvalue weighted by Gasteiger charge is -2.14. The number of fused-ring (bicyclic) bond motifs is 8. The van der Waals surface area contributed by atoms with E-state index in [2.05, 4.69) is 51.1 Å². The fourth-order valence-corrected chi connectivity index (χ4v) is 11.5. The Balaban J connectivity index is 0.000000148. The average molecular weight is 1320 g/mol. The van der Waals surface area contributed by atoms with Gasteiger partial charge in [-0.15, -0.1) is 0 Å². The Morgan fingerprint density at radius 2 is 0.758 bits per heavy atom. The van der Waals surface area contributed by atoms with Gasteiger partial charge in [-0.1, -0.05) is 239 Å².